The zero-order chi connectivity index (χ0) is 15.6. The summed E-state index contributed by atoms with van der Waals surface area (Å²) in [6, 6.07) is 3.98. The Bertz CT molecular complexity index is 658. The number of aryl methyl sites for hydroxylation is 1. The van der Waals surface area contributed by atoms with Gasteiger partial charge in [-0.2, -0.15) is 4.98 Å². The van der Waals surface area contributed by atoms with Gasteiger partial charge in [-0.05, 0) is 31.9 Å². The molecule has 2 aromatic rings. The highest BCUT2D eigenvalue weighted by molar-refractivity contribution is 7.15. The van der Waals surface area contributed by atoms with Crippen molar-refractivity contribution < 1.29 is 9.90 Å². The largest absolute Gasteiger partial charge is 0.389 e. The van der Waals surface area contributed by atoms with Gasteiger partial charge in [0.1, 0.15) is 0 Å². The molecule has 0 atom stereocenters. The van der Waals surface area contributed by atoms with Gasteiger partial charge in [0, 0.05) is 4.88 Å². The Kier molecular flexibility index (Phi) is 4.26. The number of nitrogens with zero attached hydrogens (tertiary/aromatic N) is 2. The molecule has 2 aromatic heterocycles. The van der Waals surface area contributed by atoms with Gasteiger partial charge < -0.3 is 5.11 Å². The summed E-state index contributed by atoms with van der Waals surface area (Å²) in [5.41, 5.74) is -0.869. The standard InChI is InChI=1S/C15H20N4O2S/c1-10-5-6-11(22-10)13-17-14(19-18-13)16-12(20)9-15(21)7-3-2-4-8-15/h5-6,21H,2-4,7-9H2,1H3,(H2,16,17,18,19,20). The number of carbonyl (C=O) groups excluding carboxylic acids is 1. The summed E-state index contributed by atoms with van der Waals surface area (Å²) in [4.78, 5) is 18.5. The second-order valence-electron chi connectivity index (χ2n) is 5.93. The van der Waals surface area contributed by atoms with E-state index in [0.29, 0.717) is 18.7 Å². The van der Waals surface area contributed by atoms with Crippen LogP contribution in [0.5, 0.6) is 0 Å². The third-order valence-electron chi connectivity index (χ3n) is 3.98. The summed E-state index contributed by atoms with van der Waals surface area (Å²) in [7, 11) is 0. The van der Waals surface area contributed by atoms with Crippen LogP contribution in [0.25, 0.3) is 10.7 Å². The van der Waals surface area contributed by atoms with Crippen molar-refractivity contribution in [2.75, 3.05) is 5.32 Å². The number of hydrogen-bond acceptors (Lipinski definition) is 5. The molecule has 3 rings (SSSR count). The molecule has 1 aliphatic carbocycles. The number of anilines is 1. The van der Waals surface area contributed by atoms with Crippen molar-refractivity contribution in [3.8, 4) is 10.7 Å². The van der Waals surface area contributed by atoms with Crippen molar-refractivity contribution >= 4 is 23.2 Å². The molecule has 118 valence electrons. The van der Waals surface area contributed by atoms with E-state index >= 15 is 0 Å². The SMILES string of the molecule is Cc1ccc(-c2nc(NC(=O)CC3(O)CCCCC3)n[nH]2)s1. The lowest BCUT2D eigenvalue weighted by molar-refractivity contribution is -0.122. The maximum atomic E-state index is 12.1. The molecule has 7 heteroatoms. The maximum absolute atomic E-state index is 12.1. The van der Waals surface area contributed by atoms with E-state index in [2.05, 4.69) is 20.5 Å². The van der Waals surface area contributed by atoms with E-state index in [4.69, 9.17) is 0 Å². The molecule has 1 fully saturated rings. The number of hydrogen-bond donors (Lipinski definition) is 3. The molecule has 1 amide bonds. The number of H-pyrrole nitrogens is 1. The van der Waals surface area contributed by atoms with Gasteiger partial charge in [-0.15, -0.1) is 16.4 Å². The molecule has 1 saturated carbocycles. The highest BCUT2D eigenvalue weighted by Gasteiger charge is 2.31. The van der Waals surface area contributed by atoms with E-state index in [1.807, 2.05) is 19.1 Å². The van der Waals surface area contributed by atoms with Gasteiger partial charge in [0.2, 0.25) is 11.9 Å². The van der Waals surface area contributed by atoms with Crippen molar-refractivity contribution in [1.82, 2.24) is 15.2 Å². The average molecular weight is 320 g/mol. The van der Waals surface area contributed by atoms with Crippen LogP contribution in [0.4, 0.5) is 5.95 Å². The van der Waals surface area contributed by atoms with Crippen molar-refractivity contribution in [1.29, 1.82) is 0 Å². The lowest BCUT2D eigenvalue weighted by Gasteiger charge is -2.31. The minimum Gasteiger partial charge on any atom is -0.389 e. The Morgan fingerprint density at radius 2 is 2.18 bits per heavy atom. The van der Waals surface area contributed by atoms with E-state index in [0.717, 1.165) is 24.1 Å². The van der Waals surface area contributed by atoms with E-state index in [1.54, 1.807) is 11.3 Å². The van der Waals surface area contributed by atoms with Gasteiger partial charge >= 0.3 is 0 Å². The van der Waals surface area contributed by atoms with Crippen LogP contribution in [0.3, 0.4) is 0 Å². The van der Waals surface area contributed by atoms with Gasteiger partial charge in [-0.25, -0.2) is 0 Å². The van der Waals surface area contributed by atoms with E-state index in [-0.39, 0.29) is 18.3 Å². The highest BCUT2D eigenvalue weighted by atomic mass is 32.1. The smallest absolute Gasteiger partial charge is 0.249 e. The van der Waals surface area contributed by atoms with Gasteiger partial charge in [-0.1, -0.05) is 19.3 Å². The summed E-state index contributed by atoms with van der Waals surface area (Å²) < 4.78 is 0. The first kappa shape index (κ1) is 15.2. The first-order chi connectivity index (χ1) is 10.5. The molecule has 0 unspecified atom stereocenters. The normalized spacial score (nSPS) is 17.4. The Labute approximate surface area is 133 Å². The molecule has 0 aromatic carbocycles. The van der Waals surface area contributed by atoms with Crippen molar-refractivity contribution in [2.24, 2.45) is 0 Å². The maximum Gasteiger partial charge on any atom is 0.249 e. The zero-order valence-electron chi connectivity index (χ0n) is 12.6. The number of rotatable bonds is 4. The van der Waals surface area contributed by atoms with Gasteiger partial charge in [-0.3, -0.25) is 15.2 Å². The van der Waals surface area contributed by atoms with Crippen LogP contribution in [0.15, 0.2) is 12.1 Å². The molecule has 0 aliphatic heterocycles. The number of carbonyl (C=O) groups is 1. The average Bonchev–Trinajstić information content (AvgIpc) is 3.08. The summed E-state index contributed by atoms with van der Waals surface area (Å²) in [5, 5.41) is 19.9. The number of nitrogens with one attached hydrogen (secondary N) is 2. The second kappa shape index (κ2) is 6.18. The quantitative estimate of drug-likeness (QED) is 0.808. The van der Waals surface area contributed by atoms with Crippen LogP contribution < -0.4 is 5.32 Å². The number of aliphatic hydroxyl groups is 1. The Morgan fingerprint density at radius 3 is 2.86 bits per heavy atom. The van der Waals surface area contributed by atoms with Crippen LogP contribution in [-0.4, -0.2) is 31.8 Å². The van der Waals surface area contributed by atoms with Gasteiger partial charge in [0.25, 0.3) is 0 Å². The van der Waals surface area contributed by atoms with Gasteiger partial charge in [0.05, 0.1) is 16.9 Å². The Morgan fingerprint density at radius 1 is 1.41 bits per heavy atom. The molecule has 1 aliphatic rings. The predicted molar refractivity (Wildman–Crippen MR) is 85.7 cm³/mol. The minimum absolute atomic E-state index is 0.106. The number of aromatic amines is 1. The van der Waals surface area contributed by atoms with Crippen molar-refractivity contribution in [3.63, 3.8) is 0 Å². The minimum atomic E-state index is -0.869. The molecule has 0 spiro atoms. The predicted octanol–water partition coefficient (Wildman–Crippen LogP) is 2.87. The first-order valence-electron chi connectivity index (χ1n) is 7.56. The van der Waals surface area contributed by atoms with Crippen LogP contribution in [0.1, 0.15) is 43.4 Å². The fourth-order valence-electron chi connectivity index (χ4n) is 2.84. The number of aromatic nitrogens is 3. The fraction of sp³-hybridized carbons (Fsp3) is 0.533. The Hall–Kier alpha value is -1.73. The van der Waals surface area contributed by atoms with Crippen molar-refractivity contribution in [2.45, 2.75) is 51.0 Å². The molecular formula is C15H20N4O2S. The lowest BCUT2D eigenvalue weighted by atomic mass is 9.82. The van der Waals surface area contributed by atoms with E-state index in [1.165, 1.54) is 4.88 Å². The van der Waals surface area contributed by atoms with Crippen molar-refractivity contribution in [3.05, 3.63) is 17.0 Å². The Balaban J connectivity index is 1.61. The molecule has 0 saturated heterocycles. The zero-order valence-corrected chi connectivity index (χ0v) is 13.4. The summed E-state index contributed by atoms with van der Waals surface area (Å²) in [5.74, 6) is 0.660. The highest BCUT2D eigenvalue weighted by Crippen LogP contribution is 2.31. The van der Waals surface area contributed by atoms with Crippen LogP contribution in [0, 0.1) is 6.92 Å². The topological polar surface area (TPSA) is 90.9 Å². The molecule has 0 bridgehead atoms. The molecule has 22 heavy (non-hydrogen) atoms. The summed E-state index contributed by atoms with van der Waals surface area (Å²) in [6.07, 6.45) is 4.57. The lowest BCUT2D eigenvalue weighted by Crippen LogP contribution is -2.36. The summed E-state index contributed by atoms with van der Waals surface area (Å²) in [6.45, 7) is 2.03. The fourth-order valence-corrected chi connectivity index (χ4v) is 3.65. The van der Waals surface area contributed by atoms with Gasteiger partial charge in [0.15, 0.2) is 5.82 Å². The molecule has 6 nitrogen and oxygen atoms in total. The molecule has 3 N–H and O–H groups in total. The molecule has 2 heterocycles. The number of amides is 1. The molecule has 0 radical (unpaired) electrons. The van der Waals surface area contributed by atoms with Crippen LogP contribution in [0.2, 0.25) is 0 Å². The second-order valence-corrected chi connectivity index (χ2v) is 7.22. The number of thiophene rings is 1. The third-order valence-corrected chi connectivity index (χ3v) is 4.99. The van der Waals surface area contributed by atoms with Crippen LogP contribution in [-0.2, 0) is 4.79 Å². The molecular weight excluding hydrogens is 300 g/mol. The monoisotopic (exact) mass is 320 g/mol. The third kappa shape index (κ3) is 3.53. The summed E-state index contributed by atoms with van der Waals surface area (Å²) >= 11 is 1.61. The van der Waals surface area contributed by atoms with E-state index in [9.17, 15) is 9.90 Å². The first-order valence-corrected chi connectivity index (χ1v) is 8.37. The van der Waals surface area contributed by atoms with E-state index < -0.39 is 5.60 Å². The van der Waals surface area contributed by atoms with Crippen LogP contribution >= 0.6 is 11.3 Å².